The van der Waals surface area contributed by atoms with E-state index in [9.17, 15) is 0 Å². The minimum absolute atomic E-state index is 0.438. The van der Waals surface area contributed by atoms with Crippen molar-refractivity contribution in [2.24, 2.45) is 0 Å². The van der Waals surface area contributed by atoms with Crippen LogP contribution in [0.25, 0.3) is 0 Å². The molecule has 0 radical (unpaired) electrons. The van der Waals surface area contributed by atoms with Crippen molar-refractivity contribution in [2.75, 3.05) is 0 Å². The molecule has 0 bridgehead atoms. The van der Waals surface area contributed by atoms with Crippen LogP contribution < -0.4 is 0 Å². The first-order chi connectivity index (χ1) is 25.3. The Bertz CT molecular complexity index is 1070. The Labute approximate surface area is 380 Å². The zero-order valence-electron chi connectivity index (χ0n) is 43.4. The molecule has 2 heterocycles. The lowest BCUT2D eigenvalue weighted by atomic mass is 11.8. The zero-order chi connectivity index (χ0) is 47.6. The SMILES string of the molecule is C[SiH2]O[Si](C)(C)O[Si](C)(C)O[Si](C)(C)O[Si](C)(C)C.C[Si]1(C)O[Si](C)(C)O[Si](C)(C)O[Si](C)(C)O[Si](C)(C)O1.C[Si]1(C)O[Si](C)(C)O[Si](C)(C)O[Si](C)(C)O[Si](C)(C)O1. The molecule has 0 atom stereocenters. The molecule has 2 aliphatic heterocycles. The van der Waals surface area contributed by atoms with E-state index >= 15 is 0 Å². The van der Waals surface area contributed by atoms with Crippen LogP contribution in [0, 0.1) is 0 Å². The Morgan fingerprint density at radius 1 is 0.271 bits per heavy atom. The molecule has 29 heteroatoms. The standard InChI is InChI=1S/2C10H30O5Si5.C10H32O4Si5/c2*1-16(2)11-17(3,4)13-19(7,8)15-20(9,10)14-18(5,6)12-16;1-15-11-17(5,6)13-19(9,10)14-18(7,8)12-16(2,3)4/h2*1-10H3;15H2,1-10H3. The van der Waals surface area contributed by atoms with Crippen molar-refractivity contribution in [2.45, 2.75) is 196 Å². The zero-order valence-corrected chi connectivity index (χ0v) is 58.8. The summed E-state index contributed by atoms with van der Waals surface area (Å²) in [6.07, 6.45) is 0. The van der Waals surface area contributed by atoms with Gasteiger partial charge in [0.25, 0.3) is 0 Å². The smallest absolute Gasteiger partial charge is 0.314 e. The summed E-state index contributed by atoms with van der Waals surface area (Å²) in [6.45, 7) is 63.0. The first-order valence-corrected chi connectivity index (χ1v) is 63.0. The van der Waals surface area contributed by atoms with Gasteiger partial charge in [-0.15, -0.1) is 0 Å². The van der Waals surface area contributed by atoms with Gasteiger partial charge in [0.05, 0.1) is 0 Å². The van der Waals surface area contributed by atoms with E-state index in [1.54, 1.807) is 0 Å². The molecule has 59 heavy (non-hydrogen) atoms. The van der Waals surface area contributed by atoms with Gasteiger partial charge >= 0.3 is 111 Å². The van der Waals surface area contributed by atoms with Crippen molar-refractivity contribution >= 4 is 129 Å². The van der Waals surface area contributed by atoms with Crippen molar-refractivity contribution in [1.29, 1.82) is 0 Å². The molecule has 0 unspecified atom stereocenters. The van der Waals surface area contributed by atoms with Gasteiger partial charge in [0.2, 0.25) is 0 Å². The molecule has 2 fully saturated rings. The van der Waals surface area contributed by atoms with Crippen LogP contribution in [-0.2, 0) is 57.6 Å². The topological polar surface area (TPSA) is 129 Å². The van der Waals surface area contributed by atoms with Gasteiger partial charge in [-0.1, -0.05) is 6.55 Å². The average molecular weight is 1100 g/mol. The van der Waals surface area contributed by atoms with Crippen LogP contribution in [0.2, 0.25) is 196 Å². The summed E-state index contributed by atoms with van der Waals surface area (Å²) in [7, 11) is -31.0. The molecule has 356 valence electrons. The fourth-order valence-corrected chi connectivity index (χ4v) is 81.2. The molecule has 2 saturated heterocycles. The average Bonchev–Trinajstić information content (AvgIpc) is 2.70. The van der Waals surface area contributed by atoms with E-state index in [0.29, 0.717) is 0 Å². The molecule has 2 aliphatic rings. The van der Waals surface area contributed by atoms with Gasteiger partial charge in [0.1, 0.15) is 9.76 Å². The summed E-state index contributed by atoms with van der Waals surface area (Å²) in [5.74, 6) is 0. The van der Waals surface area contributed by atoms with E-state index in [2.05, 4.69) is 196 Å². The van der Waals surface area contributed by atoms with Gasteiger partial charge < -0.3 is 57.6 Å². The lowest BCUT2D eigenvalue weighted by Gasteiger charge is -2.46. The second-order valence-electron chi connectivity index (χ2n) is 22.1. The monoisotopic (exact) mass is 1100 g/mol. The molecule has 0 amide bonds. The van der Waals surface area contributed by atoms with Crippen LogP contribution in [0.15, 0.2) is 0 Å². The molecule has 0 saturated carbocycles. The normalized spacial score (nSPS) is 26.3. The van der Waals surface area contributed by atoms with Crippen molar-refractivity contribution < 1.29 is 57.6 Å². The van der Waals surface area contributed by atoms with E-state index in [1.165, 1.54) is 0 Å². The third-order valence-corrected chi connectivity index (χ3v) is 62.5. The Hall–Kier alpha value is 2.69. The second-order valence-corrected chi connectivity index (χ2v) is 75.0. The Morgan fingerprint density at radius 3 is 0.576 bits per heavy atom. The van der Waals surface area contributed by atoms with Gasteiger partial charge in [-0.25, -0.2) is 0 Å². The van der Waals surface area contributed by atoms with Crippen molar-refractivity contribution in [3.05, 3.63) is 0 Å². The third kappa shape index (κ3) is 29.1. The van der Waals surface area contributed by atoms with Crippen molar-refractivity contribution in [3.8, 4) is 0 Å². The molecule has 0 aromatic heterocycles. The highest BCUT2D eigenvalue weighted by atomic mass is 28.5. The fraction of sp³-hybridized carbons (Fsp3) is 1.00. The van der Waals surface area contributed by atoms with Gasteiger partial charge in [0.15, 0.2) is 8.32 Å². The maximum absolute atomic E-state index is 6.32. The molecular formula is C30H92O14Si15. The highest BCUT2D eigenvalue weighted by Crippen LogP contribution is 2.32. The third-order valence-electron chi connectivity index (χ3n) is 6.94. The van der Waals surface area contributed by atoms with Crippen molar-refractivity contribution in [1.82, 2.24) is 0 Å². The summed E-state index contributed by atoms with van der Waals surface area (Å²) in [6, 6.07) is 0. The molecule has 0 N–H and O–H groups in total. The van der Waals surface area contributed by atoms with E-state index in [0.717, 1.165) is 0 Å². The molecule has 0 spiro atoms. The molecule has 2 rings (SSSR count). The van der Waals surface area contributed by atoms with Crippen LogP contribution in [-0.4, -0.2) is 129 Å². The summed E-state index contributed by atoms with van der Waals surface area (Å²) in [4.78, 5) is 0. The highest BCUT2D eigenvalue weighted by molar-refractivity contribution is 6.94. The van der Waals surface area contributed by atoms with Crippen LogP contribution in [0.1, 0.15) is 0 Å². The quantitative estimate of drug-likeness (QED) is 0.214. The Balaban J connectivity index is 0.000000856. The minimum Gasteiger partial charge on any atom is -0.442 e. The summed E-state index contributed by atoms with van der Waals surface area (Å²) < 4.78 is 87.7. The number of rotatable bonds is 8. The van der Waals surface area contributed by atoms with Gasteiger partial charge in [-0.3, -0.25) is 0 Å². The van der Waals surface area contributed by atoms with E-state index in [4.69, 9.17) is 57.6 Å². The van der Waals surface area contributed by atoms with Crippen LogP contribution >= 0.6 is 0 Å². The van der Waals surface area contributed by atoms with E-state index in [-0.39, 0.29) is 0 Å². The summed E-state index contributed by atoms with van der Waals surface area (Å²) >= 11 is 0. The number of hydrogen-bond donors (Lipinski definition) is 0. The minimum atomic E-state index is -2.26. The largest absolute Gasteiger partial charge is 0.442 e. The Morgan fingerprint density at radius 2 is 0.424 bits per heavy atom. The highest BCUT2D eigenvalue weighted by Gasteiger charge is 2.52. The molecule has 0 aromatic rings. The fourth-order valence-electron chi connectivity index (χ4n) is 8.47. The lowest BCUT2D eigenvalue weighted by Crippen LogP contribution is -2.64. The van der Waals surface area contributed by atoms with Gasteiger partial charge in [-0.05, 0) is 190 Å². The van der Waals surface area contributed by atoms with Gasteiger partial charge in [0, 0.05) is 0 Å². The molecule has 0 aromatic carbocycles. The molecule has 14 nitrogen and oxygen atoms in total. The lowest BCUT2D eigenvalue weighted by molar-refractivity contribution is 0.236. The summed E-state index contributed by atoms with van der Waals surface area (Å²) in [5, 5.41) is 0. The van der Waals surface area contributed by atoms with Crippen LogP contribution in [0.4, 0.5) is 0 Å². The van der Waals surface area contributed by atoms with Crippen LogP contribution in [0.5, 0.6) is 0 Å². The summed E-state index contributed by atoms with van der Waals surface area (Å²) in [5.41, 5.74) is 0. The first kappa shape index (κ1) is 61.7. The van der Waals surface area contributed by atoms with E-state index < -0.39 is 129 Å². The van der Waals surface area contributed by atoms with Crippen molar-refractivity contribution in [3.63, 3.8) is 0 Å². The van der Waals surface area contributed by atoms with E-state index in [1.807, 2.05) is 0 Å². The predicted octanol–water partition coefficient (Wildman–Crippen LogP) is 10.3. The van der Waals surface area contributed by atoms with Gasteiger partial charge in [-0.2, -0.15) is 0 Å². The predicted molar refractivity (Wildman–Crippen MR) is 280 cm³/mol. The second kappa shape index (κ2) is 20.9. The molecule has 0 aliphatic carbocycles. The maximum atomic E-state index is 6.32. The number of hydrogen-bond acceptors (Lipinski definition) is 14. The Kier molecular flexibility index (Phi) is 21.9. The van der Waals surface area contributed by atoms with Crippen LogP contribution in [0.3, 0.4) is 0 Å². The maximum Gasteiger partial charge on any atom is 0.314 e. The first-order valence-electron chi connectivity index (χ1n) is 21.0. The molecular weight excluding hydrogens is 1010 g/mol.